The molecule has 0 amide bonds. The van der Waals surface area contributed by atoms with Crippen molar-refractivity contribution in [1.82, 2.24) is 0 Å². The molecule has 126 valence electrons. The molecule has 0 saturated heterocycles. The highest BCUT2D eigenvalue weighted by Gasteiger charge is 2.30. The topological polar surface area (TPSA) is 40.0 Å². The summed E-state index contributed by atoms with van der Waals surface area (Å²) in [6.07, 6.45) is 0. The fourth-order valence-corrected chi connectivity index (χ4v) is 3.29. The maximum absolute atomic E-state index is 13.7. The summed E-state index contributed by atoms with van der Waals surface area (Å²) < 4.78 is 85.8. The van der Waals surface area contributed by atoms with Crippen molar-refractivity contribution in [2.75, 3.05) is 19.8 Å². The van der Waals surface area contributed by atoms with Gasteiger partial charge in [0.05, 0.1) is 19.8 Å². The van der Waals surface area contributed by atoms with Gasteiger partial charge in [0.2, 0.25) is 5.82 Å². The van der Waals surface area contributed by atoms with Crippen LogP contribution in [0.4, 0.5) is 27.6 Å². The van der Waals surface area contributed by atoms with Gasteiger partial charge in [-0.1, -0.05) is 0 Å². The highest BCUT2D eigenvalue weighted by molar-refractivity contribution is 7.51. The number of hydrogen-bond acceptors (Lipinski definition) is 4. The second-order valence-corrected chi connectivity index (χ2v) is 5.65. The van der Waals surface area contributed by atoms with Crippen LogP contribution >= 0.6 is 7.74 Å². The zero-order chi connectivity index (χ0) is 16.9. The lowest BCUT2D eigenvalue weighted by Crippen LogP contribution is -2.04. The molecule has 0 atom stereocenters. The first-order chi connectivity index (χ1) is 10.3. The molecule has 0 bridgehead atoms. The Hall–Kier alpha value is -1.02. The van der Waals surface area contributed by atoms with Crippen molar-refractivity contribution in [3.8, 4) is 0 Å². The van der Waals surface area contributed by atoms with Gasteiger partial charge < -0.3 is 13.6 Å². The van der Waals surface area contributed by atoms with E-state index in [0.29, 0.717) is 0 Å². The summed E-state index contributed by atoms with van der Waals surface area (Å²) in [5.41, 5.74) is -1.37. The maximum Gasteiger partial charge on any atom is 0.360 e. The van der Waals surface area contributed by atoms with Gasteiger partial charge >= 0.3 is 7.74 Å². The average Bonchev–Trinajstić information content (AvgIpc) is 2.48. The van der Waals surface area contributed by atoms with E-state index in [0.717, 1.165) is 0 Å². The van der Waals surface area contributed by atoms with Gasteiger partial charge in [0.25, 0.3) is 0 Å². The summed E-state index contributed by atoms with van der Waals surface area (Å²) in [5.74, 6) is -10.6. The largest absolute Gasteiger partial charge is 0.360 e. The minimum atomic E-state index is -3.64. The highest BCUT2D eigenvalue weighted by atomic mass is 31.2. The Labute approximate surface area is 124 Å². The van der Waals surface area contributed by atoms with Crippen LogP contribution in [-0.4, -0.2) is 19.8 Å². The van der Waals surface area contributed by atoms with Gasteiger partial charge in [-0.05, 0) is 20.8 Å². The molecule has 22 heavy (non-hydrogen) atoms. The smallest absolute Gasteiger partial charge is 0.303 e. The number of rotatable bonds is 7. The van der Waals surface area contributed by atoms with E-state index in [1.54, 1.807) is 20.8 Å². The summed E-state index contributed by atoms with van der Waals surface area (Å²) in [6.45, 7) is 4.65. The van der Waals surface area contributed by atoms with Crippen molar-refractivity contribution in [2.45, 2.75) is 20.8 Å². The zero-order valence-electron chi connectivity index (χ0n) is 12.1. The van der Waals surface area contributed by atoms with E-state index >= 15 is 0 Å². The van der Waals surface area contributed by atoms with Gasteiger partial charge in [-0.3, -0.25) is 0 Å². The van der Waals surface area contributed by atoms with Crippen LogP contribution in [0.2, 0.25) is 0 Å². The Bertz CT molecular complexity index is 544. The quantitative estimate of drug-likeness (QED) is 0.299. The summed E-state index contributed by atoms with van der Waals surface area (Å²) in [7, 11) is -3.64. The Balaban J connectivity index is 3.62. The third-order valence-corrected chi connectivity index (χ3v) is 4.48. The van der Waals surface area contributed by atoms with Gasteiger partial charge in [-0.2, -0.15) is 4.74 Å². The molecule has 1 aromatic carbocycles. The van der Waals surface area contributed by atoms with Crippen molar-refractivity contribution in [1.29, 1.82) is 0 Å². The SMILES string of the molecule is CCOP(=Nc1c(F)c(F)c(F)c(F)c1F)(OCC)OCC. The molecule has 0 heterocycles. The number of benzene rings is 1. The molecular weight excluding hydrogens is 332 g/mol. The van der Waals surface area contributed by atoms with E-state index in [-0.39, 0.29) is 19.8 Å². The van der Waals surface area contributed by atoms with Crippen molar-refractivity contribution < 1.29 is 35.5 Å². The van der Waals surface area contributed by atoms with Crippen LogP contribution in [0.25, 0.3) is 0 Å². The molecule has 0 unspecified atom stereocenters. The van der Waals surface area contributed by atoms with Crippen molar-refractivity contribution in [2.24, 2.45) is 4.74 Å². The summed E-state index contributed by atoms with van der Waals surface area (Å²) in [4.78, 5) is 0. The fraction of sp³-hybridized carbons (Fsp3) is 0.500. The number of hydrogen-bond donors (Lipinski definition) is 0. The standard InChI is InChI=1S/C12H15F5NO3P/c1-4-19-22(20-5-2,21-6-3)18-12-10(16)8(14)7(13)9(15)11(12)17/h4-6H2,1-3H3. The van der Waals surface area contributed by atoms with E-state index in [2.05, 4.69) is 4.74 Å². The lowest BCUT2D eigenvalue weighted by Gasteiger charge is -2.22. The van der Waals surface area contributed by atoms with Crippen LogP contribution < -0.4 is 0 Å². The zero-order valence-corrected chi connectivity index (χ0v) is 13.0. The Morgan fingerprint density at radius 2 is 1.00 bits per heavy atom. The van der Waals surface area contributed by atoms with Gasteiger partial charge in [-0.25, -0.2) is 22.0 Å². The van der Waals surface area contributed by atoms with E-state index in [9.17, 15) is 22.0 Å². The minimum Gasteiger partial charge on any atom is -0.303 e. The molecule has 0 aliphatic carbocycles. The molecule has 0 aliphatic rings. The predicted octanol–water partition coefficient (Wildman–Crippen LogP) is 5.07. The molecule has 0 radical (unpaired) electrons. The van der Waals surface area contributed by atoms with Gasteiger partial charge in [0, 0.05) is 0 Å². The van der Waals surface area contributed by atoms with Crippen LogP contribution in [0.1, 0.15) is 20.8 Å². The molecule has 0 fully saturated rings. The van der Waals surface area contributed by atoms with Crippen molar-refractivity contribution in [3.63, 3.8) is 0 Å². The van der Waals surface area contributed by atoms with Gasteiger partial charge in [0.1, 0.15) is 5.69 Å². The second kappa shape index (κ2) is 8.01. The maximum atomic E-state index is 13.7. The normalized spacial score (nSPS) is 11.8. The van der Waals surface area contributed by atoms with Crippen LogP contribution in [0.3, 0.4) is 0 Å². The second-order valence-electron chi connectivity index (χ2n) is 3.74. The van der Waals surface area contributed by atoms with Crippen LogP contribution in [0.15, 0.2) is 4.74 Å². The Morgan fingerprint density at radius 1 is 0.682 bits per heavy atom. The fourth-order valence-electron chi connectivity index (χ4n) is 1.49. The third-order valence-electron chi connectivity index (χ3n) is 2.29. The highest BCUT2D eigenvalue weighted by Crippen LogP contribution is 2.56. The van der Waals surface area contributed by atoms with Crippen molar-refractivity contribution in [3.05, 3.63) is 29.1 Å². The molecule has 0 aromatic heterocycles. The minimum absolute atomic E-state index is 0.00662. The summed E-state index contributed by atoms with van der Waals surface area (Å²) in [5, 5.41) is 0. The third kappa shape index (κ3) is 3.84. The van der Waals surface area contributed by atoms with Crippen LogP contribution in [0.5, 0.6) is 0 Å². The molecule has 1 aromatic rings. The molecule has 0 aliphatic heterocycles. The molecular formula is C12H15F5NO3P. The lowest BCUT2D eigenvalue weighted by atomic mass is 10.2. The van der Waals surface area contributed by atoms with Crippen molar-refractivity contribution >= 4 is 13.4 Å². The molecule has 0 N–H and O–H groups in total. The van der Waals surface area contributed by atoms with Gasteiger partial charge in [-0.15, -0.1) is 0 Å². The van der Waals surface area contributed by atoms with E-state index in [1.807, 2.05) is 0 Å². The average molecular weight is 347 g/mol. The summed E-state index contributed by atoms with van der Waals surface area (Å²) >= 11 is 0. The molecule has 0 saturated carbocycles. The Kier molecular flexibility index (Phi) is 6.93. The predicted molar refractivity (Wildman–Crippen MR) is 70.1 cm³/mol. The first kappa shape index (κ1) is 19.0. The van der Waals surface area contributed by atoms with Gasteiger partial charge in [0.15, 0.2) is 23.3 Å². The van der Waals surface area contributed by atoms with Crippen LogP contribution in [0, 0.1) is 29.1 Å². The molecule has 1 rings (SSSR count). The molecule has 10 heteroatoms. The molecule has 0 spiro atoms. The number of nitrogens with zero attached hydrogens (tertiary/aromatic N) is 1. The lowest BCUT2D eigenvalue weighted by molar-refractivity contribution is 0.163. The van der Waals surface area contributed by atoms with E-state index < -0.39 is 42.5 Å². The summed E-state index contributed by atoms with van der Waals surface area (Å²) in [6, 6.07) is 0. The van der Waals surface area contributed by atoms with Crippen LogP contribution in [-0.2, 0) is 13.6 Å². The van der Waals surface area contributed by atoms with E-state index in [4.69, 9.17) is 13.6 Å². The number of halogens is 5. The van der Waals surface area contributed by atoms with E-state index in [1.165, 1.54) is 0 Å². The Morgan fingerprint density at radius 3 is 1.32 bits per heavy atom. The first-order valence-electron chi connectivity index (χ1n) is 6.40. The molecule has 4 nitrogen and oxygen atoms in total. The first-order valence-corrected chi connectivity index (χ1v) is 7.90. The monoisotopic (exact) mass is 347 g/mol.